The Labute approximate surface area is 187 Å². The van der Waals surface area contributed by atoms with Crippen molar-refractivity contribution in [2.75, 3.05) is 29.5 Å². The minimum atomic E-state index is -0.461. The number of carbonyl (C=O) groups is 2. The third-order valence-electron chi connectivity index (χ3n) is 4.23. The number of aryl methyl sites for hydroxylation is 1. The predicted octanol–water partition coefficient (Wildman–Crippen LogP) is 2.30. The number of nitro groups is 1. The van der Waals surface area contributed by atoms with Gasteiger partial charge in [0.15, 0.2) is 5.16 Å². The fraction of sp³-hybridized carbons (Fsp3) is 0.200. The summed E-state index contributed by atoms with van der Waals surface area (Å²) >= 11 is 1.26. The van der Waals surface area contributed by atoms with Crippen LogP contribution in [0.15, 0.2) is 60.0 Å². The number of aromatic nitrogens is 3. The van der Waals surface area contributed by atoms with Gasteiger partial charge in [0.05, 0.1) is 10.7 Å². The number of amides is 2. The van der Waals surface area contributed by atoms with Crippen LogP contribution in [0.25, 0.3) is 0 Å². The van der Waals surface area contributed by atoms with Gasteiger partial charge in [0, 0.05) is 49.2 Å². The van der Waals surface area contributed by atoms with Crippen LogP contribution in [0.4, 0.5) is 17.1 Å². The summed E-state index contributed by atoms with van der Waals surface area (Å²) in [6, 6.07) is 12.7. The molecule has 3 N–H and O–H groups in total. The van der Waals surface area contributed by atoms with E-state index < -0.39 is 4.92 Å². The molecule has 0 bridgehead atoms. The Morgan fingerprint density at radius 2 is 1.91 bits per heavy atom. The number of nitrogens with one attached hydrogen (secondary N) is 3. The SMILES string of the molecule is Cn1cnnc1SCC(=O)Nc1cccc(C(=O)NCCNc2ccc([N+](=O)[O-])cc2)c1. The molecule has 0 atom stereocenters. The molecule has 32 heavy (non-hydrogen) atoms. The zero-order chi connectivity index (χ0) is 22.9. The van der Waals surface area contributed by atoms with E-state index in [2.05, 4.69) is 26.1 Å². The third-order valence-corrected chi connectivity index (χ3v) is 5.26. The van der Waals surface area contributed by atoms with Gasteiger partial charge >= 0.3 is 0 Å². The van der Waals surface area contributed by atoms with E-state index in [0.29, 0.717) is 35.2 Å². The zero-order valence-corrected chi connectivity index (χ0v) is 18.0. The number of rotatable bonds is 10. The molecule has 11 nitrogen and oxygen atoms in total. The molecule has 0 aliphatic heterocycles. The average Bonchev–Trinajstić information content (AvgIpc) is 3.20. The normalized spacial score (nSPS) is 10.4. The number of nitro benzene ring substituents is 1. The Hall–Kier alpha value is -3.93. The van der Waals surface area contributed by atoms with Crippen molar-refractivity contribution in [3.05, 3.63) is 70.5 Å². The van der Waals surface area contributed by atoms with E-state index >= 15 is 0 Å². The second kappa shape index (κ2) is 10.9. The second-order valence-electron chi connectivity index (χ2n) is 6.63. The Balaban J connectivity index is 1.43. The number of carbonyl (C=O) groups excluding carboxylic acids is 2. The van der Waals surface area contributed by atoms with Crippen LogP contribution in [-0.4, -0.2) is 50.3 Å². The quantitative estimate of drug-likeness (QED) is 0.183. The summed E-state index contributed by atoms with van der Waals surface area (Å²) in [5, 5.41) is 27.6. The largest absolute Gasteiger partial charge is 0.383 e. The van der Waals surface area contributed by atoms with Crippen LogP contribution in [0.1, 0.15) is 10.4 Å². The van der Waals surface area contributed by atoms with Crippen molar-refractivity contribution in [2.45, 2.75) is 5.16 Å². The van der Waals surface area contributed by atoms with Crippen LogP contribution in [0.3, 0.4) is 0 Å². The first-order valence-corrected chi connectivity index (χ1v) is 10.5. The van der Waals surface area contributed by atoms with Crippen molar-refractivity contribution in [2.24, 2.45) is 7.05 Å². The Bertz CT molecular complexity index is 1100. The van der Waals surface area contributed by atoms with Crippen LogP contribution in [0.5, 0.6) is 0 Å². The lowest BCUT2D eigenvalue weighted by molar-refractivity contribution is -0.384. The van der Waals surface area contributed by atoms with Gasteiger partial charge in [0.1, 0.15) is 6.33 Å². The highest BCUT2D eigenvalue weighted by Gasteiger charge is 2.10. The predicted molar refractivity (Wildman–Crippen MR) is 121 cm³/mol. The Morgan fingerprint density at radius 1 is 1.12 bits per heavy atom. The highest BCUT2D eigenvalue weighted by atomic mass is 32.2. The fourth-order valence-corrected chi connectivity index (χ4v) is 3.34. The highest BCUT2D eigenvalue weighted by molar-refractivity contribution is 7.99. The summed E-state index contributed by atoms with van der Waals surface area (Å²) < 4.78 is 1.72. The lowest BCUT2D eigenvalue weighted by Crippen LogP contribution is -2.28. The molecule has 2 amide bonds. The minimum Gasteiger partial charge on any atom is -0.383 e. The molecule has 0 fully saturated rings. The lowest BCUT2D eigenvalue weighted by atomic mass is 10.2. The van der Waals surface area contributed by atoms with Crippen LogP contribution in [-0.2, 0) is 11.8 Å². The molecule has 1 heterocycles. The first kappa shape index (κ1) is 22.7. The van der Waals surface area contributed by atoms with Gasteiger partial charge in [-0.05, 0) is 30.3 Å². The van der Waals surface area contributed by atoms with E-state index in [1.165, 1.54) is 23.9 Å². The molecule has 0 radical (unpaired) electrons. The highest BCUT2D eigenvalue weighted by Crippen LogP contribution is 2.16. The minimum absolute atomic E-state index is 0.0167. The summed E-state index contributed by atoms with van der Waals surface area (Å²) in [5.41, 5.74) is 1.67. The van der Waals surface area contributed by atoms with Crippen molar-refractivity contribution in [1.29, 1.82) is 0 Å². The van der Waals surface area contributed by atoms with Gasteiger partial charge in [-0.25, -0.2) is 0 Å². The van der Waals surface area contributed by atoms with E-state index in [1.54, 1.807) is 54.3 Å². The maximum atomic E-state index is 12.4. The van der Waals surface area contributed by atoms with E-state index in [-0.39, 0.29) is 23.3 Å². The monoisotopic (exact) mass is 455 g/mol. The number of benzene rings is 2. The van der Waals surface area contributed by atoms with Gasteiger partial charge in [0.25, 0.3) is 11.6 Å². The molecule has 2 aromatic carbocycles. The summed E-state index contributed by atoms with van der Waals surface area (Å²) in [4.78, 5) is 34.8. The smallest absolute Gasteiger partial charge is 0.269 e. The first-order chi connectivity index (χ1) is 15.4. The maximum Gasteiger partial charge on any atom is 0.269 e. The van der Waals surface area contributed by atoms with Gasteiger partial charge in [-0.3, -0.25) is 19.7 Å². The van der Waals surface area contributed by atoms with Crippen LogP contribution < -0.4 is 16.0 Å². The molecule has 0 unspecified atom stereocenters. The molecule has 0 aliphatic rings. The fourth-order valence-electron chi connectivity index (χ4n) is 2.65. The molecule has 1 aromatic heterocycles. The molecule has 0 aliphatic carbocycles. The summed E-state index contributed by atoms with van der Waals surface area (Å²) in [5.74, 6) is -0.333. The Morgan fingerprint density at radius 3 is 2.59 bits per heavy atom. The summed E-state index contributed by atoms with van der Waals surface area (Å²) in [6.45, 7) is 0.792. The number of hydrogen-bond acceptors (Lipinski definition) is 8. The second-order valence-corrected chi connectivity index (χ2v) is 7.57. The lowest BCUT2D eigenvalue weighted by Gasteiger charge is -2.09. The summed E-state index contributed by atoms with van der Waals surface area (Å²) in [6.07, 6.45) is 1.56. The van der Waals surface area contributed by atoms with Crippen molar-refractivity contribution in [1.82, 2.24) is 20.1 Å². The molecular weight excluding hydrogens is 434 g/mol. The van der Waals surface area contributed by atoms with E-state index in [1.807, 2.05) is 0 Å². The molecule has 166 valence electrons. The molecule has 0 saturated heterocycles. The zero-order valence-electron chi connectivity index (χ0n) is 17.1. The first-order valence-electron chi connectivity index (χ1n) is 9.55. The van der Waals surface area contributed by atoms with Gasteiger partial charge < -0.3 is 20.5 Å². The van der Waals surface area contributed by atoms with Crippen molar-refractivity contribution >= 4 is 40.6 Å². The number of non-ortho nitro benzene ring substituents is 1. The van der Waals surface area contributed by atoms with Crippen LogP contribution in [0, 0.1) is 10.1 Å². The number of hydrogen-bond donors (Lipinski definition) is 3. The summed E-state index contributed by atoms with van der Waals surface area (Å²) in [7, 11) is 1.80. The maximum absolute atomic E-state index is 12.4. The molecule has 3 aromatic rings. The van der Waals surface area contributed by atoms with Crippen LogP contribution in [0.2, 0.25) is 0 Å². The topological polar surface area (TPSA) is 144 Å². The van der Waals surface area contributed by atoms with Crippen LogP contribution >= 0.6 is 11.8 Å². The van der Waals surface area contributed by atoms with E-state index in [0.717, 1.165) is 0 Å². The molecule has 12 heteroatoms. The van der Waals surface area contributed by atoms with Crippen molar-refractivity contribution < 1.29 is 14.5 Å². The third kappa shape index (κ3) is 6.54. The molecule has 3 rings (SSSR count). The van der Waals surface area contributed by atoms with E-state index in [9.17, 15) is 19.7 Å². The standard InChI is InChI=1S/C20H21N7O4S/c1-26-13-23-25-20(26)32-12-18(28)24-16-4-2-3-14(11-16)19(29)22-10-9-21-15-5-7-17(8-6-15)27(30)31/h2-8,11,13,21H,9-10,12H2,1H3,(H,22,29)(H,24,28). The van der Waals surface area contributed by atoms with Gasteiger partial charge in [-0.1, -0.05) is 17.8 Å². The molecule has 0 spiro atoms. The van der Waals surface area contributed by atoms with Gasteiger partial charge in [-0.2, -0.15) is 0 Å². The number of thioether (sulfide) groups is 1. The molecular formula is C20H21N7O4S. The van der Waals surface area contributed by atoms with Crippen molar-refractivity contribution in [3.63, 3.8) is 0 Å². The number of nitrogens with zero attached hydrogens (tertiary/aromatic N) is 4. The number of anilines is 2. The van der Waals surface area contributed by atoms with Crippen molar-refractivity contribution in [3.8, 4) is 0 Å². The average molecular weight is 456 g/mol. The van der Waals surface area contributed by atoms with E-state index in [4.69, 9.17) is 0 Å². The molecule has 0 saturated carbocycles. The van der Waals surface area contributed by atoms with Gasteiger partial charge in [-0.15, -0.1) is 10.2 Å². The van der Waals surface area contributed by atoms with Gasteiger partial charge in [0.2, 0.25) is 5.91 Å². The Kier molecular flexibility index (Phi) is 7.75.